The van der Waals surface area contributed by atoms with Gasteiger partial charge in [0.05, 0.1) is 12.7 Å². The Balaban J connectivity index is 2.62. The number of benzene rings is 1. The van der Waals surface area contributed by atoms with Crippen molar-refractivity contribution in [3.63, 3.8) is 0 Å². The first-order valence-electron chi connectivity index (χ1n) is 11.5. The van der Waals surface area contributed by atoms with Crippen molar-refractivity contribution in [2.45, 2.75) is 78.7 Å². The van der Waals surface area contributed by atoms with Gasteiger partial charge in [0.1, 0.15) is 11.5 Å². The summed E-state index contributed by atoms with van der Waals surface area (Å²) in [6, 6.07) is 2.98. The number of hydrogen-bond acceptors (Lipinski definition) is 5. The summed E-state index contributed by atoms with van der Waals surface area (Å²) in [6.45, 7) is 9.56. The number of rotatable bonds is 12. The molecule has 0 aromatic heterocycles. The monoisotopic (exact) mass is 456 g/mol. The summed E-state index contributed by atoms with van der Waals surface area (Å²) in [5.74, 6) is -0.102. The third-order valence-corrected chi connectivity index (χ3v) is 5.45. The lowest BCUT2D eigenvalue weighted by molar-refractivity contribution is -0.136. The van der Waals surface area contributed by atoms with Gasteiger partial charge in [-0.2, -0.15) is 0 Å². The van der Waals surface area contributed by atoms with Gasteiger partial charge in [0.2, 0.25) is 0 Å². The highest BCUT2D eigenvalue weighted by atomic mass is 16.5. The van der Waals surface area contributed by atoms with Gasteiger partial charge >= 0.3 is 5.97 Å². The van der Waals surface area contributed by atoms with Gasteiger partial charge in [-0.15, -0.1) is 0 Å². The topological polar surface area (TPSA) is 87.0 Å². The standard InChI is InChI=1S/C28H40O5/c1-20(2)10-7-13-23(27(31)33-6)14-8-11-21(3)12-9-16-28(5,32)17-15-24-19-25(29)22(4)18-26(24)30/h10,12,14-15,17-19,29-30,32H,7-9,11,13,16H2,1-6H3/b17-15-,21-12+,23-14-/t28-/m1/s1. The van der Waals surface area contributed by atoms with E-state index in [9.17, 15) is 20.1 Å². The Hall–Kier alpha value is -2.79. The number of carbonyl (C=O) groups excluding carboxylic acids is 1. The number of carbonyl (C=O) groups is 1. The van der Waals surface area contributed by atoms with E-state index in [1.165, 1.54) is 30.4 Å². The molecule has 1 atom stereocenters. The molecule has 1 aromatic carbocycles. The minimum atomic E-state index is -1.05. The molecule has 0 amide bonds. The Kier molecular flexibility index (Phi) is 11.7. The number of allylic oxidation sites excluding steroid dienone is 5. The second-order valence-electron chi connectivity index (χ2n) is 9.06. The highest BCUT2D eigenvalue weighted by Gasteiger charge is 2.15. The number of hydrogen-bond donors (Lipinski definition) is 3. The maximum atomic E-state index is 12.0. The zero-order valence-electron chi connectivity index (χ0n) is 20.9. The molecule has 0 fully saturated rings. The number of aliphatic hydroxyl groups is 1. The van der Waals surface area contributed by atoms with E-state index < -0.39 is 5.60 Å². The lowest BCUT2D eigenvalue weighted by atomic mass is 9.96. The van der Waals surface area contributed by atoms with Gasteiger partial charge in [-0.05, 0) is 90.8 Å². The van der Waals surface area contributed by atoms with Crippen molar-refractivity contribution < 1.29 is 24.9 Å². The number of aromatic hydroxyl groups is 2. The number of phenols is 2. The third-order valence-electron chi connectivity index (χ3n) is 5.45. The van der Waals surface area contributed by atoms with E-state index in [2.05, 4.69) is 12.2 Å². The van der Waals surface area contributed by atoms with E-state index in [-0.39, 0.29) is 17.5 Å². The molecule has 0 heterocycles. The summed E-state index contributed by atoms with van der Waals surface area (Å²) < 4.78 is 4.90. The van der Waals surface area contributed by atoms with Crippen LogP contribution in [0.2, 0.25) is 0 Å². The van der Waals surface area contributed by atoms with Crippen LogP contribution in [0.25, 0.3) is 6.08 Å². The Bertz CT molecular complexity index is 912. The van der Waals surface area contributed by atoms with Gasteiger partial charge in [-0.3, -0.25) is 0 Å². The van der Waals surface area contributed by atoms with E-state index in [4.69, 9.17) is 4.74 Å². The maximum Gasteiger partial charge on any atom is 0.333 e. The zero-order valence-corrected chi connectivity index (χ0v) is 20.9. The van der Waals surface area contributed by atoms with Crippen LogP contribution in [-0.2, 0) is 9.53 Å². The van der Waals surface area contributed by atoms with Crippen LogP contribution < -0.4 is 0 Å². The molecule has 0 spiro atoms. The van der Waals surface area contributed by atoms with Crippen LogP contribution in [0, 0.1) is 6.92 Å². The van der Waals surface area contributed by atoms with E-state index in [0.717, 1.165) is 19.3 Å². The van der Waals surface area contributed by atoms with Gasteiger partial charge in [0, 0.05) is 11.1 Å². The fourth-order valence-corrected chi connectivity index (χ4v) is 3.31. The molecule has 0 aliphatic rings. The normalized spacial score (nSPS) is 14.3. The molecule has 0 unspecified atom stereocenters. The van der Waals surface area contributed by atoms with Gasteiger partial charge in [-0.25, -0.2) is 4.79 Å². The van der Waals surface area contributed by atoms with Gasteiger partial charge in [-0.1, -0.05) is 41.5 Å². The van der Waals surface area contributed by atoms with Crippen LogP contribution in [0.4, 0.5) is 0 Å². The number of esters is 1. The van der Waals surface area contributed by atoms with Crippen molar-refractivity contribution in [3.05, 3.63) is 64.3 Å². The molecule has 0 radical (unpaired) electrons. The average Bonchev–Trinajstić information content (AvgIpc) is 2.73. The fourth-order valence-electron chi connectivity index (χ4n) is 3.31. The van der Waals surface area contributed by atoms with Crippen molar-refractivity contribution in [3.8, 4) is 11.5 Å². The summed E-state index contributed by atoms with van der Waals surface area (Å²) in [4.78, 5) is 12.0. The number of phenolic OH excluding ortho intramolecular Hbond substituents is 2. The SMILES string of the molecule is COC(=O)/C(=C\CC/C(C)=C/CC[C@@](C)(O)/C=C\c1cc(O)c(C)cc1O)CCC=C(C)C. The zero-order chi connectivity index (χ0) is 25.0. The fraction of sp³-hybridized carbons (Fsp3) is 0.464. The number of ether oxygens (including phenoxy) is 1. The van der Waals surface area contributed by atoms with Crippen molar-refractivity contribution >= 4 is 12.0 Å². The summed E-state index contributed by atoms with van der Waals surface area (Å²) in [5.41, 5.74) is 3.15. The molecular weight excluding hydrogens is 416 g/mol. The third kappa shape index (κ3) is 11.1. The van der Waals surface area contributed by atoms with E-state index in [1.54, 1.807) is 26.0 Å². The van der Waals surface area contributed by atoms with Crippen molar-refractivity contribution in [1.29, 1.82) is 0 Å². The minimum Gasteiger partial charge on any atom is -0.508 e. The van der Waals surface area contributed by atoms with Crippen LogP contribution in [0.5, 0.6) is 11.5 Å². The van der Waals surface area contributed by atoms with Crippen LogP contribution in [0.15, 0.2) is 53.2 Å². The highest BCUT2D eigenvalue weighted by Crippen LogP contribution is 2.28. The van der Waals surface area contributed by atoms with Crippen molar-refractivity contribution in [1.82, 2.24) is 0 Å². The van der Waals surface area contributed by atoms with Gasteiger partial charge in [0.25, 0.3) is 0 Å². The Labute approximate surface area is 198 Å². The van der Waals surface area contributed by atoms with Crippen LogP contribution in [0.3, 0.4) is 0 Å². The summed E-state index contributed by atoms with van der Waals surface area (Å²) in [6.07, 6.45) is 13.7. The largest absolute Gasteiger partial charge is 0.508 e. The molecule has 1 rings (SSSR count). The molecule has 0 saturated carbocycles. The molecule has 5 nitrogen and oxygen atoms in total. The molecule has 0 aliphatic heterocycles. The summed E-state index contributed by atoms with van der Waals surface area (Å²) in [7, 11) is 1.41. The van der Waals surface area contributed by atoms with Gasteiger partial charge in [0.15, 0.2) is 0 Å². The van der Waals surface area contributed by atoms with Crippen molar-refractivity contribution in [2.24, 2.45) is 0 Å². The number of methoxy groups -OCH3 is 1. The highest BCUT2D eigenvalue weighted by molar-refractivity contribution is 5.88. The molecule has 5 heteroatoms. The Morgan fingerprint density at radius 1 is 1.00 bits per heavy atom. The molecule has 3 N–H and O–H groups in total. The van der Waals surface area contributed by atoms with Crippen LogP contribution in [0.1, 0.15) is 77.3 Å². The maximum absolute atomic E-state index is 12.0. The predicted octanol–water partition coefficient (Wildman–Crippen LogP) is 6.52. The lowest BCUT2D eigenvalue weighted by Crippen LogP contribution is -2.19. The summed E-state index contributed by atoms with van der Waals surface area (Å²) in [5, 5.41) is 30.5. The molecule has 33 heavy (non-hydrogen) atoms. The predicted molar refractivity (Wildman–Crippen MR) is 135 cm³/mol. The second-order valence-corrected chi connectivity index (χ2v) is 9.06. The second kappa shape index (κ2) is 13.7. The van der Waals surface area contributed by atoms with Crippen LogP contribution >= 0.6 is 0 Å². The smallest absolute Gasteiger partial charge is 0.333 e. The Morgan fingerprint density at radius 2 is 1.67 bits per heavy atom. The molecule has 0 aliphatic carbocycles. The average molecular weight is 457 g/mol. The molecule has 0 bridgehead atoms. The van der Waals surface area contributed by atoms with Gasteiger partial charge < -0.3 is 20.1 Å². The molecular formula is C28H40O5. The quantitative estimate of drug-likeness (QED) is 0.144. The van der Waals surface area contributed by atoms with Crippen molar-refractivity contribution in [2.75, 3.05) is 7.11 Å². The first kappa shape index (κ1) is 28.2. The minimum absolute atomic E-state index is 0.0633. The van der Waals surface area contributed by atoms with Crippen LogP contribution in [-0.4, -0.2) is 34.0 Å². The lowest BCUT2D eigenvalue weighted by Gasteiger charge is -2.18. The van der Waals surface area contributed by atoms with E-state index in [1.807, 2.05) is 26.8 Å². The number of aryl methyl sites for hydroxylation is 1. The summed E-state index contributed by atoms with van der Waals surface area (Å²) >= 11 is 0. The first-order chi connectivity index (χ1) is 15.4. The molecule has 0 saturated heterocycles. The Morgan fingerprint density at radius 3 is 2.30 bits per heavy atom. The van der Waals surface area contributed by atoms with E-state index >= 15 is 0 Å². The molecule has 182 valence electrons. The van der Waals surface area contributed by atoms with E-state index in [0.29, 0.717) is 36.0 Å². The molecule has 1 aromatic rings. The first-order valence-corrected chi connectivity index (χ1v) is 11.5.